The monoisotopic (exact) mass is 445 g/mol. The van der Waals surface area contributed by atoms with Crippen LogP contribution in [0.2, 0.25) is 0 Å². The van der Waals surface area contributed by atoms with Crippen LogP contribution >= 0.6 is 11.3 Å². The number of carbonyl (C=O) groups excluding carboxylic acids is 1. The maximum absolute atomic E-state index is 13.3. The third-order valence-corrected chi connectivity index (χ3v) is 7.52. The van der Waals surface area contributed by atoms with Crippen molar-refractivity contribution in [3.8, 4) is 5.00 Å². The zero-order chi connectivity index (χ0) is 21.8. The first-order valence-electron chi connectivity index (χ1n) is 10.4. The van der Waals surface area contributed by atoms with E-state index < -0.39 is 17.8 Å². The number of nitrogens with one attached hydrogen (secondary N) is 1. The number of halogens is 3. The highest BCUT2D eigenvalue weighted by Gasteiger charge is 2.34. The molecule has 162 valence electrons. The molecule has 1 aromatic carbocycles. The summed E-state index contributed by atoms with van der Waals surface area (Å²) in [7, 11) is 0. The molecule has 0 unspecified atom stereocenters. The Hall–Kier alpha value is -2.74. The normalized spacial score (nSPS) is 18.1. The number of urea groups is 1. The van der Waals surface area contributed by atoms with Crippen molar-refractivity contribution in [2.45, 2.75) is 51.4 Å². The van der Waals surface area contributed by atoms with Gasteiger partial charge in [-0.3, -0.25) is 0 Å². The Bertz CT molecular complexity index is 1150. The Morgan fingerprint density at radius 1 is 1.13 bits per heavy atom. The number of alkyl halides is 3. The number of rotatable bonds is 1. The standard InChI is InChI=1S/C23H22F3N3OS/c1-14-19-9-5-11-28(19)21-18(17-8-2-3-10-20(17)31-21)13-29(14)22(30)27-16-7-4-6-15(12-16)23(24,25)26/h4-7,9,11-12,14H,2-3,8,10,13H2,1H3,(H,27,30)/t14-/m1/s1. The molecule has 0 radical (unpaired) electrons. The minimum atomic E-state index is -4.46. The van der Waals surface area contributed by atoms with Gasteiger partial charge in [-0.15, -0.1) is 11.3 Å². The van der Waals surface area contributed by atoms with Crippen molar-refractivity contribution in [1.29, 1.82) is 0 Å². The number of benzene rings is 1. The predicted octanol–water partition coefficient (Wildman–Crippen LogP) is 6.55. The molecule has 8 heteroatoms. The number of amides is 2. The maximum Gasteiger partial charge on any atom is 0.416 e. The molecule has 4 nitrogen and oxygen atoms in total. The van der Waals surface area contributed by atoms with E-state index in [1.165, 1.54) is 34.6 Å². The molecule has 0 saturated carbocycles. The Morgan fingerprint density at radius 3 is 2.74 bits per heavy atom. The molecule has 5 rings (SSSR count). The van der Waals surface area contributed by atoms with Gasteiger partial charge in [-0.25, -0.2) is 4.79 Å². The van der Waals surface area contributed by atoms with E-state index in [0.717, 1.165) is 42.1 Å². The SMILES string of the molecule is C[C@@H]1c2cccn2-c2sc3c(c2CN1C(=O)Nc1cccc(C(F)(F)F)c1)CCCC3. The minimum absolute atomic E-state index is 0.138. The molecular weight excluding hydrogens is 423 g/mol. The summed E-state index contributed by atoms with van der Waals surface area (Å²) in [5.74, 6) is 0. The van der Waals surface area contributed by atoms with Gasteiger partial charge in [0.15, 0.2) is 0 Å². The highest BCUT2D eigenvalue weighted by molar-refractivity contribution is 7.15. The Labute approximate surface area is 182 Å². The van der Waals surface area contributed by atoms with Crippen molar-refractivity contribution in [3.05, 3.63) is 69.9 Å². The summed E-state index contributed by atoms with van der Waals surface area (Å²) in [4.78, 5) is 16.4. The van der Waals surface area contributed by atoms with Crippen LogP contribution in [0.15, 0.2) is 42.6 Å². The van der Waals surface area contributed by atoms with Crippen molar-refractivity contribution in [1.82, 2.24) is 9.47 Å². The second-order valence-electron chi connectivity index (χ2n) is 8.11. The van der Waals surface area contributed by atoms with E-state index in [2.05, 4.69) is 9.88 Å². The van der Waals surface area contributed by atoms with E-state index in [4.69, 9.17) is 0 Å². The molecule has 2 aromatic heterocycles. The van der Waals surface area contributed by atoms with Gasteiger partial charge in [0.25, 0.3) is 0 Å². The third-order valence-electron chi connectivity index (χ3n) is 6.18. The molecule has 0 fully saturated rings. The molecular formula is C23H22F3N3OS. The van der Waals surface area contributed by atoms with Crippen molar-refractivity contribution in [2.75, 3.05) is 5.32 Å². The van der Waals surface area contributed by atoms with Gasteiger partial charge in [0.1, 0.15) is 5.00 Å². The van der Waals surface area contributed by atoms with Crippen LogP contribution in [0.3, 0.4) is 0 Å². The molecule has 0 spiro atoms. The number of aryl methyl sites for hydroxylation is 1. The Balaban J connectivity index is 1.50. The zero-order valence-corrected chi connectivity index (χ0v) is 17.8. The van der Waals surface area contributed by atoms with Crippen molar-refractivity contribution >= 4 is 23.1 Å². The first kappa shape index (κ1) is 20.2. The van der Waals surface area contributed by atoms with Crippen LogP contribution in [0.4, 0.5) is 23.7 Å². The number of anilines is 1. The van der Waals surface area contributed by atoms with Crippen LogP contribution in [-0.4, -0.2) is 15.5 Å². The quantitative estimate of drug-likeness (QED) is 0.453. The molecule has 31 heavy (non-hydrogen) atoms. The van der Waals surface area contributed by atoms with Crippen LogP contribution in [0.25, 0.3) is 5.00 Å². The molecule has 1 N–H and O–H groups in total. The van der Waals surface area contributed by atoms with E-state index in [1.54, 1.807) is 16.2 Å². The van der Waals surface area contributed by atoms with Gasteiger partial charge in [0.2, 0.25) is 0 Å². The van der Waals surface area contributed by atoms with Crippen LogP contribution in [0.5, 0.6) is 0 Å². The number of carbonyl (C=O) groups is 1. The highest BCUT2D eigenvalue weighted by Crippen LogP contribution is 2.42. The Morgan fingerprint density at radius 2 is 1.94 bits per heavy atom. The molecule has 0 bridgehead atoms. The number of aromatic nitrogens is 1. The van der Waals surface area contributed by atoms with Gasteiger partial charge < -0.3 is 14.8 Å². The van der Waals surface area contributed by atoms with Crippen molar-refractivity contribution in [2.24, 2.45) is 0 Å². The maximum atomic E-state index is 13.3. The summed E-state index contributed by atoms with van der Waals surface area (Å²) >= 11 is 1.80. The third kappa shape index (κ3) is 3.52. The van der Waals surface area contributed by atoms with Crippen molar-refractivity contribution < 1.29 is 18.0 Å². The number of hydrogen-bond acceptors (Lipinski definition) is 2. The lowest BCUT2D eigenvalue weighted by Gasteiger charge is -2.28. The number of hydrogen-bond donors (Lipinski definition) is 1. The van der Waals surface area contributed by atoms with E-state index in [1.807, 2.05) is 25.3 Å². The Kier molecular flexibility index (Phi) is 4.84. The summed E-state index contributed by atoms with van der Waals surface area (Å²) in [5, 5.41) is 3.85. The molecule has 1 aliphatic carbocycles. The lowest BCUT2D eigenvalue weighted by atomic mass is 9.95. The minimum Gasteiger partial charge on any atom is -0.312 e. The average molecular weight is 446 g/mol. The van der Waals surface area contributed by atoms with E-state index in [0.29, 0.717) is 6.54 Å². The average Bonchev–Trinajstić information content (AvgIpc) is 3.33. The fraction of sp³-hybridized carbons (Fsp3) is 0.348. The van der Waals surface area contributed by atoms with Crippen LogP contribution in [0, 0.1) is 0 Å². The lowest BCUT2D eigenvalue weighted by Crippen LogP contribution is -2.36. The first-order valence-corrected chi connectivity index (χ1v) is 11.2. The van der Waals surface area contributed by atoms with Gasteiger partial charge in [-0.1, -0.05) is 6.07 Å². The fourth-order valence-corrected chi connectivity index (χ4v) is 5.98. The van der Waals surface area contributed by atoms with Crippen LogP contribution in [-0.2, 0) is 25.6 Å². The van der Waals surface area contributed by atoms with E-state index in [9.17, 15) is 18.0 Å². The predicted molar refractivity (Wildman–Crippen MR) is 115 cm³/mol. The molecule has 1 aliphatic heterocycles. The highest BCUT2D eigenvalue weighted by atomic mass is 32.1. The molecule has 1 atom stereocenters. The van der Waals surface area contributed by atoms with E-state index in [-0.39, 0.29) is 11.7 Å². The summed E-state index contributed by atoms with van der Waals surface area (Å²) in [6, 6.07) is 8.12. The van der Waals surface area contributed by atoms with Gasteiger partial charge in [-0.05, 0) is 68.5 Å². The second kappa shape index (κ2) is 7.44. The van der Waals surface area contributed by atoms with Gasteiger partial charge >= 0.3 is 12.2 Å². The van der Waals surface area contributed by atoms with E-state index >= 15 is 0 Å². The molecule has 3 heterocycles. The van der Waals surface area contributed by atoms with Gasteiger partial charge in [0.05, 0.1) is 18.2 Å². The van der Waals surface area contributed by atoms with Crippen LogP contribution < -0.4 is 5.32 Å². The van der Waals surface area contributed by atoms with Crippen LogP contribution in [0.1, 0.15) is 53.1 Å². The number of fused-ring (bicyclic) bond motifs is 5. The zero-order valence-electron chi connectivity index (χ0n) is 17.0. The summed E-state index contributed by atoms with van der Waals surface area (Å²) < 4.78 is 41.4. The first-order chi connectivity index (χ1) is 14.8. The van der Waals surface area contributed by atoms with Crippen molar-refractivity contribution in [3.63, 3.8) is 0 Å². The largest absolute Gasteiger partial charge is 0.416 e. The van der Waals surface area contributed by atoms with Gasteiger partial charge in [-0.2, -0.15) is 13.2 Å². The summed E-state index contributed by atoms with van der Waals surface area (Å²) in [5.41, 5.74) is 2.87. The molecule has 3 aromatic rings. The lowest BCUT2D eigenvalue weighted by molar-refractivity contribution is -0.137. The van der Waals surface area contributed by atoms with Gasteiger partial charge in [0, 0.05) is 28.0 Å². The molecule has 2 amide bonds. The molecule has 2 aliphatic rings. The second-order valence-corrected chi connectivity index (χ2v) is 9.19. The summed E-state index contributed by atoms with van der Waals surface area (Å²) in [6.45, 7) is 2.40. The number of nitrogens with zero attached hydrogens (tertiary/aromatic N) is 2. The topological polar surface area (TPSA) is 37.3 Å². The fourth-order valence-electron chi connectivity index (χ4n) is 4.58. The smallest absolute Gasteiger partial charge is 0.312 e. The number of thiophene rings is 1. The molecule has 0 saturated heterocycles. The summed E-state index contributed by atoms with van der Waals surface area (Å²) in [6.07, 6.45) is 1.97.